The van der Waals surface area contributed by atoms with Crippen molar-refractivity contribution in [3.8, 4) is 17.1 Å². The quantitative estimate of drug-likeness (QED) is 0.698. The van der Waals surface area contributed by atoms with Gasteiger partial charge in [-0.2, -0.15) is 0 Å². The Morgan fingerprint density at radius 3 is 2.63 bits per heavy atom. The van der Waals surface area contributed by atoms with Crippen LogP contribution in [-0.2, 0) is 10.4 Å². The highest BCUT2D eigenvalue weighted by Crippen LogP contribution is 2.33. The van der Waals surface area contributed by atoms with Gasteiger partial charge in [-0.1, -0.05) is 36.4 Å². The second-order valence-corrected chi connectivity index (χ2v) is 6.75. The lowest BCUT2D eigenvalue weighted by Gasteiger charge is -2.25. The SMILES string of the molecule is CO/N=C1\NCC(C)(c2ccc(-c3ccc4ccccc4c3)nc2OC)N1. The van der Waals surface area contributed by atoms with Crippen LogP contribution in [0.4, 0.5) is 0 Å². The molecule has 0 aliphatic carbocycles. The Morgan fingerprint density at radius 2 is 1.85 bits per heavy atom. The van der Waals surface area contributed by atoms with E-state index in [0.717, 1.165) is 16.8 Å². The second-order valence-electron chi connectivity index (χ2n) is 6.75. The van der Waals surface area contributed by atoms with Gasteiger partial charge in [0.25, 0.3) is 0 Å². The van der Waals surface area contributed by atoms with Gasteiger partial charge in [-0.05, 0) is 41.1 Å². The van der Waals surface area contributed by atoms with Crippen LogP contribution in [0.5, 0.6) is 5.88 Å². The van der Waals surface area contributed by atoms with Gasteiger partial charge in [-0.25, -0.2) is 4.98 Å². The molecule has 27 heavy (non-hydrogen) atoms. The first kappa shape index (κ1) is 17.1. The molecule has 2 heterocycles. The number of rotatable bonds is 4. The molecule has 1 saturated heterocycles. The largest absolute Gasteiger partial charge is 0.481 e. The van der Waals surface area contributed by atoms with Crippen molar-refractivity contribution in [1.82, 2.24) is 15.6 Å². The van der Waals surface area contributed by atoms with Crippen molar-refractivity contribution in [3.05, 3.63) is 60.2 Å². The Kier molecular flexibility index (Phi) is 4.32. The summed E-state index contributed by atoms with van der Waals surface area (Å²) in [5.74, 6) is 1.19. The molecule has 0 bridgehead atoms. The van der Waals surface area contributed by atoms with Crippen LogP contribution < -0.4 is 15.4 Å². The number of methoxy groups -OCH3 is 1. The van der Waals surface area contributed by atoms with E-state index in [4.69, 9.17) is 14.6 Å². The van der Waals surface area contributed by atoms with Crippen LogP contribution in [0.25, 0.3) is 22.0 Å². The molecule has 0 spiro atoms. The van der Waals surface area contributed by atoms with E-state index in [-0.39, 0.29) is 0 Å². The lowest BCUT2D eigenvalue weighted by molar-refractivity contribution is 0.210. The smallest absolute Gasteiger partial charge is 0.234 e. The van der Waals surface area contributed by atoms with Crippen LogP contribution in [0.3, 0.4) is 0 Å². The molecular formula is C21H22N4O2. The molecule has 4 rings (SSSR count). The van der Waals surface area contributed by atoms with Gasteiger partial charge in [0.2, 0.25) is 11.8 Å². The molecule has 1 atom stereocenters. The molecule has 1 fully saturated rings. The summed E-state index contributed by atoms with van der Waals surface area (Å²) in [7, 11) is 3.17. The van der Waals surface area contributed by atoms with Crippen molar-refractivity contribution < 1.29 is 9.57 Å². The number of hydrogen-bond donors (Lipinski definition) is 2. The van der Waals surface area contributed by atoms with Crippen molar-refractivity contribution in [2.75, 3.05) is 20.8 Å². The lowest BCUT2D eigenvalue weighted by atomic mass is 9.93. The Morgan fingerprint density at radius 1 is 1.04 bits per heavy atom. The minimum Gasteiger partial charge on any atom is -0.481 e. The lowest BCUT2D eigenvalue weighted by Crippen LogP contribution is -2.38. The van der Waals surface area contributed by atoms with E-state index in [1.165, 1.54) is 17.9 Å². The molecule has 0 amide bonds. The molecular weight excluding hydrogens is 340 g/mol. The van der Waals surface area contributed by atoms with E-state index < -0.39 is 5.54 Å². The molecule has 2 aromatic carbocycles. The van der Waals surface area contributed by atoms with Gasteiger partial charge in [0, 0.05) is 17.7 Å². The van der Waals surface area contributed by atoms with E-state index >= 15 is 0 Å². The molecule has 1 unspecified atom stereocenters. The summed E-state index contributed by atoms with van der Waals surface area (Å²) in [6.45, 7) is 2.73. The van der Waals surface area contributed by atoms with Crippen LogP contribution in [0.2, 0.25) is 0 Å². The number of pyridine rings is 1. The third-order valence-electron chi connectivity index (χ3n) is 4.88. The van der Waals surface area contributed by atoms with E-state index in [0.29, 0.717) is 18.4 Å². The highest BCUT2D eigenvalue weighted by atomic mass is 16.6. The van der Waals surface area contributed by atoms with E-state index in [9.17, 15) is 0 Å². The predicted octanol–water partition coefficient (Wildman–Crippen LogP) is 3.24. The van der Waals surface area contributed by atoms with Crippen molar-refractivity contribution in [1.29, 1.82) is 0 Å². The summed E-state index contributed by atoms with van der Waals surface area (Å²) < 4.78 is 5.62. The fourth-order valence-electron chi connectivity index (χ4n) is 3.44. The molecule has 1 aromatic heterocycles. The molecule has 6 heteroatoms. The standard InChI is InChI=1S/C21H22N4O2/c1-21(13-22-20(24-21)25-27-3)17-10-11-18(23-19(17)26-2)16-9-8-14-6-4-5-7-15(14)12-16/h4-12H,13H2,1-3H3,(H2,22,24,25). The maximum absolute atomic E-state index is 5.62. The maximum atomic E-state index is 5.62. The van der Waals surface area contributed by atoms with E-state index in [2.05, 4.69) is 59.1 Å². The zero-order chi connectivity index (χ0) is 18.9. The monoisotopic (exact) mass is 362 g/mol. The summed E-state index contributed by atoms with van der Waals surface area (Å²) >= 11 is 0. The topological polar surface area (TPSA) is 67.8 Å². The van der Waals surface area contributed by atoms with Gasteiger partial charge in [-0.15, -0.1) is 0 Å². The Bertz CT molecular complexity index is 1020. The summed E-state index contributed by atoms with van der Waals surface area (Å²) in [6.07, 6.45) is 0. The number of nitrogens with zero attached hydrogens (tertiary/aromatic N) is 2. The molecule has 138 valence electrons. The summed E-state index contributed by atoms with van der Waals surface area (Å²) in [5.41, 5.74) is 2.50. The highest BCUT2D eigenvalue weighted by Gasteiger charge is 2.37. The van der Waals surface area contributed by atoms with Crippen LogP contribution in [0.1, 0.15) is 12.5 Å². The summed E-state index contributed by atoms with van der Waals surface area (Å²) in [4.78, 5) is 9.61. The molecule has 1 aliphatic rings. The van der Waals surface area contributed by atoms with Crippen LogP contribution >= 0.6 is 0 Å². The Labute approximate surface area is 158 Å². The Hall–Kier alpha value is -3.28. The van der Waals surface area contributed by atoms with Crippen LogP contribution in [0.15, 0.2) is 59.8 Å². The number of ether oxygens (including phenoxy) is 1. The van der Waals surface area contributed by atoms with Gasteiger partial charge in [-0.3, -0.25) is 0 Å². The molecule has 6 nitrogen and oxygen atoms in total. The molecule has 0 saturated carbocycles. The van der Waals surface area contributed by atoms with Gasteiger partial charge < -0.3 is 20.2 Å². The van der Waals surface area contributed by atoms with Crippen LogP contribution in [-0.4, -0.2) is 31.7 Å². The van der Waals surface area contributed by atoms with Crippen molar-refractivity contribution >= 4 is 16.7 Å². The average Bonchev–Trinajstić information content (AvgIpc) is 3.09. The first-order valence-electron chi connectivity index (χ1n) is 8.81. The predicted molar refractivity (Wildman–Crippen MR) is 107 cm³/mol. The highest BCUT2D eigenvalue weighted by molar-refractivity contribution is 5.87. The number of hydrogen-bond acceptors (Lipinski definition) is 4. The normalized spacial score (nSPS) is 20.3. The molecule has 2 N–H and O–H groups in total. The number of benzene rings is 2. The van der Waals surface area contributed by atoms with Gasteiger partial charge in [0.15, 0.2) is 0 Å². The second kappa shape index (κ2) is 6.79. The maximum Gasteiger partial charge on any atom is 0.234 e. The van der Waals surface area contributed by atoms with Gasteiger partial charge >= 0.3 is 0 Å². The minimum absolute atomic E-state index is 0.391. The first-order valence-corrected chi connectivity index (χ1v) is 8.81. The number of aromatic nitrogens is 1. The third kappa shape index (κ3) is 3.14. The summed E-state index contributed by atoms with van der Waals surface area (Å²) in [5, 5.41) is 12.9. The van der Waals surface area contributed by atoms with Crippen molar-refractivity contribution in [2.45, 2.75) is 12.5 Å². The molecule has 0 radical (unpaired) electrons. The van der Waals surface area contributed by atoms with E-state index in [1.54, 1.807) is 7.11 Å². The number of fused-ring (bicyclic) bond motifs is 1. The number of nitrogens with one attached hydrogen (secondary N) is 2. The fraction of sp³-hybridized carbons (Fsp3) is 0.238. The average molecular weight is 362 g/mol. The number of guanidine groups is 1. The fourth-order valence-corrected chi connectivity index (χ4v) is 3.44. The molecule has 1 aliphatic heterocycles. The minimum atomic E-state index is -0.391. The van der Waals surface area contributed by atoms with E-state index in [1.807, 2.05) is 18.2 Å². The van der Waals surface area contributed by atoms with Crippen molar-refractivity contribution in [3.63, 3.8) is 0 Å². The summed E-state index contributed by atoms with van der Waals surface area (Å²) in [6, 6.07) is 18.7. The number of oxime groups is 1. The van der Waals surface area contributed by atoms with Gasteiger partial charge in [0.1, 0.15) is 7.11 Å². The van der Waals surface area contributed by atoms with Gasteiger partial charge in [0.05, 0.1) is 18.3 Å². The van der Waals surface area contributed by atoms with Crippen molar-refractivity contribution in [2.24, 2.45) is 5.16 Å². The third-order valence-corrected chi connectivity index (χ3v) is 4.88. The molecule has 3 aromatic rings. The zero-order valence-corrected chi connectivity index (χ0v) is 15.6. The van der Waals surface area contributed by atoms with Crippen LogP contribution in [0, 0.1) is 0 Å². The first-order chi connectivity index (χ1) is 13.1. The Balaban J connectivity index is 1.72. The zero-order valence-electron chi connectivity index (χ0n) is 15.6.